The number of pyridine rings is 1. The first-order chi connectivity index (χ1) is 10.1. The molecule has 21 heavy (non-hydrogen) atoms. The van der Waals surface area contributed by atoms with Crippen LogP contribution in [0.25, 0.3) is 10.9 Å². The normalized spacial score (nSPS) is 22.5. The van der Waals surface area contributed by atoms with Crippen LogP contribution in [-0.2, 0) is 0 Å². The van der Waals surface area contributed by atoms with Gasteiger partial charge in [-0.25, -0.2) is 4.79 Å². The van der Waals surface area contributed by atoms with Crippen molar-refractivity contribution in [2.75, 3.05) is 18.0 Å². The average molecular weight is 286 g/mol. The summed E-state index contributed by atoms with van der Waals surface area (Å²) in [4.78, 5) is 17.7. The number of aliphatic hydroxyl groups is 1. The van der Waals surface area contributed by atoms with Crippen molar-refractivity contribution in [3.63, 3.8) is 0 Å². The van der Waals surface area contributed by atoms with Gasteiger partial charge in [-0.2, -0.15) is 0 Å². The Hall–Kier alpha value is -2.14. The van der Waals surface area contributed by atoms with Crippen LogP contribution in [0.5, 0.6) is 0 Å². The lowest BCUT2D eigenvalue weighted by atomic mass is 9.94. The number of hydrogen-bond acceptors (Lipinski definition) is 4. The van der Waals surface area contributed by atoms with Crippen molar-refractivity contribution in [1.82, 2.24) is 4.98 Å². The van der Waals surface area contributed by atoms with Crippen molar-refractivity contribution >= 4 is 22.6 Å². The molecule has 1 saturated heterocycles. The summed E-state index contributed by atoms with van der Waals surface area (Å²) >= 11 is 0. The molecule has 0 amide bonds. The lowest BCUT2D eigenvalue weighted by Crippen LogP contribution is -2.43. The van der Waals surface area contributed by atoms with Gasteiger partial charge in [0.15, 0.2) is 0 Å². The molecule has 1 aromatic heterocycles. The van der Waals surface area contributed by atoms with Crippen molar-refractivity contribution in [2.24, 2.45) is 5.92 Å². The number of benzene rings is 1. The van der Waals surface area contributed by atoms with Crippen LogP contribution in [0.1, 0.15) is 23.7 Å². The fraction of sp³-hybridized carbons (Fsp3) is 0.375. The Balaban J connectivity index is 2.14. The molecule has 0 saturated carbocycles. The quantitative estimate of drug-likeness (QED) is 0.885. The number of para-hydroxylation sites is 1. The van der Waals surface area contributed by atoms with Crippen LogP contribution in [0.4, 0.5) is 5.69 Å². The molecule has 2 unspecified atom stereocenters. The van der Waals surface area contributed by atoms with Crippen LogP contribution in [0, 0.1) is 5.92 Å². The predicted octanol–water partition coefficient (Wildman–Crippen LogP) is 2.14. The van der Waals surface area contributed by atoms with E-state index in [4.69, 9.17) is 0 Å². The molecule has 5 nitrogen and oxygen atoms in total. The third-order valence-electron chi connectivity index (χ3n) is 4.21. The van der Waals surface area contributed by atoms with Gasteiger partial charge in [-0.15, -0.1) is 0 Å². The smallest absolute Gasteiger partial charge is 0.339 e. The number of carboxylic acid groups (broad SMARTS) is 1. The van der Waals surface area contributed by atoms with E-state index in [0.29, 0.717) is 12.2 Å². The third kappa shape index (κ3) is 2.45. The Kier molecular flexibility index (Phi) is 3.51. The molecule has 5 heteroatoms. The van der Waals surface area contributed by atoms with Gasteiger partial charge < -0.3 is 15.1 Å². The molecule has 2 atom stereocenters. The Labute approximate surface area is 122 Å². The fourth-order valence-electron chi connectivity index (χ4n) is 2.88. The first-order valence-corrected chi connectivity index (χ1v) is 7.12. The van der Waals surface area contributed by atoms with Crippen molar-refractivity contribution in [2.45, 2.75) is 19.4 Å². The second-order valence-electron chi connectivity index (χ2n) is 5.62. The summed E-state index contributed by atoms with van der Waals surface area (Å²) in [5.74, 6) is -0.751. The fourth-order valence-corrected chi connectivity index (χ4v) is 2.88. The second-order valence-corrected chi connectivity index (χ2v) is 5.62. The number of anilines is 1. The predicted molar refractivity (Wildman–Crippen MR) is 80.7 cm³/mol. The molecule has 1 aliphatic heterocycles. The lowest BCUT2D eigenvalue weighted by Gasteiger charge is -2.36. The van der Waals surface area contributed by atoms with E-state index in [9.17, 15) is 15.0 Å². The van der Waals surface area contributed by atoms with Crippen molar-refractivity contribution in [1.29, 1.82) is 0 Å². The number of aliphatic hydroxyl groups excluding tert-OH is 1. The first-order valence-electron chi connectivity index (χ1n) is 7.12. The van der Waals surface area contributed by atoms with Gasteiger partial charge in [-0.1, -0.05) is 25.1 Å². The second kappa shape index (κ2) is 5.33. The Morgan fingerprint density at radius 2 is 2.14 bits per heavy atom. The maximum Gasteiger partial charge on any atom is 0.339 e. The summed E-state index contributed by atoms with van der Waals surface area (Å²) in [6.07, 6.45) is 1.81. The van der Waals surface area contributed by atoms with Gasteiger partial charge in [0.1, 0.15) is 5.56 Å². The molecule has 2 N–H and O–H groups in total. The van der Waals surface area contributed by atoms with Crippen LogP contribution >= 0.6 is 0 Å². The highest BCUT2D eigenvalue weighted by molar-refractivity contribution is 6.04. The summed E-state index contributed by atoms with van der Waals surface area (Å²) in [5.41, 5.74) is 1.63. The van der Waals surface area contributed by atoms with Crippen LogP contribution < -0.4 is 4.90 Å². The molecule has 2 aromatic rings. The highest BCUT2D eigenvalue weighted by atomic mass is 16.4. The summed E-state index contributed by atoms with van der Waals surface area (Å²) in [6.45, 7) is 3.22. The first kappa shape index (κ1) is 13.8. The SMILES string of the molecule is CC1CCN(c2c(C(=O)O)cnc3ccccc23)CC1O. The highest BCUT2D eigenvalue weighted by Gasteiger charge is 2.28. The third-order valence-corrected chi connectivity index (χ3v) is 4.21. The zero-order valence-electron chi connectivity index (χ0n) is 11.9. The molecule has 0 aliphatic carbocycles. The molecule has 1 fully saturated rings. The average Bonchev–Trinajstić information content (AvgIpc) is 2.49. The topological polar surface area (TPSA) is 73.7 Å². The molecule has 1 aromatic carbocycles. The van der Waals surface area contributed by atoms with E-state index in [1.165, 1.54) is 6.20 Å². The van der Waals surface area contributed by atoms with E-state index in [0.717, 1.165) is 23.9 Å². The zero-order valence-corrected chi connectivity index (χ0v) is 11.9. The minimum Gasteiger partial charge on any atom is -0.478 e. The van der Waals surface area contributed by atoms with Crippen molar-refractivity contribution in [3.8, 4) is 0 Å². The number of fused-ring (bicyclic) bond motifs is 1. The lowest BCUT2D eigenvalue weighted by molar-refractivity contribution is 0.0695. The molecular formula is C16H18N2O3. The highest BCUT2D eigenvalue weighted by Crippen LogP contribution is 2.32. The summed E-state index contributed by atoms with van der Waals surface area (Å²) in [5, 5.41) is 20.4. The van der Waals surface area contributed by atoms with Crippen molar-refractivity contribution in [3.05, 3.63) is 36.0 Å². The van der Waals surface area contributed by atoms with E-state index >= 15 is 0 Å². The minimum absolute atomic E-state index is 0.190. The summed E-state index contributed by atoms with van der Waals surface area (Å²) in [6, 6.07) is 7.51. The van der Waals surface area contributed by atoms with E-state index in [1.54, 1.807) is 0 Å². The van der Waals surface area contributed by atoms with Gasteiger partial charge >= 0.3 is 5.97 Å². The monoisotopic (exact) mass is 286 g/mol. The molecule has 1 aliphatic rings. The zero-order chi connectivity index (χ0) is 15.0. The van der Waals surface area contributed by atoms with Gasteiger partial charge in [-0.05, 0) is 18.4 Å². The molecule has 2 heterocycles. The molecule has 0 spiro atoms. The van der Waals surface area contributed by atoms with Gasteiger partial charge in [0, 0.05) is 24.7 Å². The molecule has 0 bridgehead atoms. The number of rotatable bonds is 2. The van der Waals surface area contributed by atoms with Crippen LogP contribution in [0.15, 0.2) is 30.5 Å². The van der Waals surface area contributed by atoms with Crippen LogP contribution in [0.3, 0.4) is 0 Å². The summed E-state index contributed by atoms with van der Waals surface area (Å²) in [7, 11) is 0. The molecule has 3 rings (SSSR count). The number of nitrogens with zero attached hydrogens (tertiary/aromatic N) is 2. The van der Waals surface area contributed by atoms with Crippen LogP contribution in [-0.4, -0.2) is 40.4 Å². The maximum absolute atomic E-state index is 11.5. The number of β-amino-alcohol motifs (C(OH)–C–C–N with tert-alkyl or cyclic N) is 1. The maximum atomic E-state index is 11.5. The van der Waals surface area contributed by atoms with Gasteiger partial charge in [0.2, 0.25) is 0 Å². The van der Waals surface area contributed by atoms with E-state index in [-0.39, 0.29) is 11.5 Å². The van der Waals surface area contributed by atoms with Gasteiger partial charge in [0.05, 0.1) is 17.3 Å². The standard InChI is InChI=1S/C16H18N2O3/c1-10-6-7-18(9-14(10)19)15-11-4-2-3-5-13(11)17-8-12(15)16(20)21/h2-5,8,10,14,19H,6-7,9H2,1H3,(H,20,21). The summed E-state index contributed by atoms with van der Waals surface area (Å²) < 4.78 is 0. The van der Waals surface area contributed by atoms with Gasteiger partial charge in [-0.3, -0.25) is 4.98 Å². The molecule has 0 radical (unpaired) electrons. The minimum atomic E-state index is -0.989. The number of aromatic nitrogens is 1. The number of carbonyl (C=O) groups is 1. The van der Waals surface area contributed by atoms with Crippen molar-refractivity contribution < 1.29 is 15.0 Å². The Bertz CT molecular complexity index is 686. The number of hydrogen-bond donors (Lipinski definition) is 2. The van der Waals surface area contributed by atoms with E-state index < -0.39 is 12.1 Å². The van der Waals surface area contributed by atoms with E-state index in [2.05, 4.69) is 4.98 Å². The van der Waals surface area contributed by atoms with Gasteiger partial charge in [0.25, 0.3) is 0 Å². The number of aromatic carboxylic acids is 1. The molecule has 110 valence electrons. The Morgan fingerprint density at radius 3 is 2.86 bits per heavy atom. The Morgan fingerprint density at radius 1 is 1.38 bits per heavy atom. The number of carboxylic acids is 1. The van der Waals surface area contributed by atoms with E-state index in [1.807, 2.05) is 36.1 Å². The van der Waals surface area contributed by atoms with Crippen LogP contribution in [0.2, 0.25) is 0 Å². The number of piperidine rings is 1. The molecular weight excluding hydrogens is 268 g/mol. The largest absolute Gasteiger partial charge is 0.478 e.